The molecule has 1 unspecified atom stereocenters. The van der Waals surface area contributed by atoms with Crippen LogP contribution < -0.4 is 15.9 Å². The Kier molecular flexibility index (Phi) is 6.92. The molecule has 2 aliphatic heterocycles. The molecule has 1 atom stereocenters. The van der Waals surface area contributed by atoms with Crippen LogP contribution in [0.25, 0.3) is 11.3 Å². The first-order valence-corrected chi connectivity index (χ1v) is 12.4. The largest absolute Gasteiger partial charge is 0.457 e. The van der Waals surface area contributed by atoms with E-state index in [-0.39, 0.29) is 11.7 Å². The van der Waals surface area contributed by atoms with Crippen LogP contribution in [-0.2, 0) is 0 Å². The number of carbonyl (C=O) groups excluding carboxylic acids is 1. The van der Waals surface area contributed by atoms with Crippen LogP contribution in [-0.4, -0.2) is 46.6 Å². The van der Waals surface area contributed by atoms with Crippen molar-refractivity contribution in [3.8, 4) is 34.6 Å². The lowest BCUT2D eigenvalue weighted by molar-refractivity contribution is 0.0992. The minimum absolute atomic E-state index is 0.263. The smallest absolute Gasteiger partial charge is 0.269 e. The van der Waals surface area contributed by atoms with Gasteiger partial charge >= 0.3 is 0 Å². The number of ether oxygens (including phenoxy) is 1. The molecular formula is C28H30FN5O2. The van der Waals surface area contributed by atoms with Crippen LogP contribution in [0.1, 0.15) is 48.4 Å². The first-order chi connectivity index (χ1) is 17.5. The van der Waals surface area contributed by atoms with Crippen molar-refractivity contribution in [2.45, 2.75) is 32.1 Å². The standard InChI is InChI=1S/C28H30FN5O2/c1-2-3-16-33-17-13-19(14-18-33)24-12-15-31-34-26(27(30)35)25(32-28(24)34)20-4-8-22(9-5-20)36-23-10-6-21(29)7-11-23/h4-11,19,24,31H,12-18H2,1H3,(H2,30,35). The Balaban J connectivity index is 1.39. The van der Waals surface area contributed by atoms with E-state index < -0.39 is 5.91 Å². The van der Waals surface area contributed by atoms with E-state index in [2.05, 4.69) is 22.2 Å². The quantitative estimate of drug-likeness (QED) is 0.505. The Labute approximate surface area is 210 Å². The van der Waals surface area contributed by atoms with Gasteiger partial charge in [0, 0.05) is 18.0 Å². The summed E-state index contributed by atoms with van der Waals surface area (Å²) in [6, 6.07) is 13.2. The molecule has 1 fully saturated rings. The van der Waals surface area contributed by atoms with Gasteiger partial charge in [0.1, 0.15) is 28.8 Å². The van der Waals surface area contributed by atoms with Gasteiger partial charge in [0.15, 0.2) is 5.69 Å². The first kappa shape index (κ1) is 23.9. The Morgan fingerprint density at radius 1 is 1.11 bits per heavy atom. The number of aromatic nitrogens is 2. The zero-order valence-electron chi connectivity index (χ0n) is 20.3. The van der Waals surface area contributed by atoms with Crippen LogP contribution in [0.3, 0.4) is 0 Å². The fourth-order valence-electron chi connectivity index (χ4n) is 5.21. The number of carbonyl (C=O) groups is 1. The second-order valence-corrected chi connectivity index (χ2v) is 9.29. The van der Waals surface area contributed by atoms with Gasteiger partial charge in [-0.05, 0) is 93.7 Å². The molecular weight excluding hydrogens is 457 g/mol. The van der Waals surface area contributed by atoms with E-state index in [1.54, 1.807) is 12.1 Å². The fourth-order valence-corrected chi connectivity index (χ4v) is 5.21. The maximum atomic E-state index is 13.2. The van der Waals surface area contributed by atoms with Crippen molar-refractivity contribution in [3.05, 3.63) is 65.9 Å². The molecule has 3 heterocycles. The third kappa shape index (κ3) is 4.93. The summed E-state index contributed by atoms with van der Waals surface area (Å²) in [7, 11) is 0. The number of likely N-dealkylation sites (tertiary alicyclic amines) is 1. The lowest BCUT2D eigenvalue weighted by Crippen LogP contribution is -2.39. The summed E-state index contributed by atoms with van der Waals surface area (Å²) in [5, 5.41) is 0. The molecule has 0 radical (unpaired) electrons. The Bertz CT molecular complexity index is 1280. The molecule has 0 spiro atoms. The molecule has 5 rings (SSSR count). The molecule has 8 heteroatoms. The zero-order valence-corrected chi connectivity index (χ0v) is 20.3. The Hall–Kier alpha value is -3.83. The molecule has 1 amide bonds. The van der Waals surface area contributed by atoms with Crippen LogP contribution in [0.15, 0.2) is 48.5 Å². The number of amides is 1. The number of hydrogen-bond acceptors (Lipinski definition) is 5. The number of piperidine rings is 1. The molecule has 0 aliphatic carbocycles. The van der Waals surface area contributed by atoms with E-state index in [9.17, 15) is 9.18 Å². The van der Waals surface area contributed by atoms with Gasteiger partial charge in [0.05, 0.1) is 6.54 Å². The number of nitrogens with one attached hydrogen (secondary N) is 1. The summed E-state index contributed by atoms with van der Waals surface area (Å²) < 4.78 is 20.8. The van der Waals surface area contributed by atoms with E-state index in [0.717, 1.165) is 56.8 Å². The molecule has 2 aromatic carbocycles. The van der Waals surface area contributed by atoms with E-state index in [4.69, 9.17) is 15.5 Å². The summed E-state index contributed by atoms with van der Waals surface area (Å²) in [6.45, 7) is 5.51. The van der Waals surface area contributed by atoms with E-state index in [0.29, 0.717) is 28.8 Å². The van der Waals surface area contributed by atoms with Gasteiger partial charge in [0.2, 0.25) is 0 Å². The van der Waals surface area contributed by atoms with Gasteiger partial charge in [-0.2, -0.15) is 0 Å². The number of nitrogens with zero attached hydrogens (tertiary/aromatic N) is 3. The predicted molar refractivity (Wildman–Crippen MR) is 137 cm³/mol. The topological polar surface area (TPSA) is 85.4 Å². The van der Waals surface area contributed by atoms with Crippen LogP contribution in [0, 0.1) is 23.6 Å². The highest BCUT2D eigenvalue weighted by atomic mass is 19.1. The fraction of sp³-hybridized carbons (Fsp3) is 0.357. The molecule has 1 saturated heterocycles. The van der Waals surface area contributed by atoms with Gasteiger partial charge < -0.3 is 15.9 Å². The van der Waals surface area contributed by atoms with Crippen LogP contribution in [0.2, 0.25) is 0 Å². The lowest BCUT2D eigenvalue weighted by Gasteiger charge is -2.37. The highest BCUT2D eigenvalue weighted by Crippen LogP contribution is 2.39. The lowest BCUT2D eigenvalue weighted by atomic mass is 9.81. The monoisotopic (exact) mass is 487 g/mol. The van der Waals surface area contributed by atoms with E-state index in [1.165, 1.54) is 12.1 Å². The van der Waals surface area contributed by atoms with Crippen molar-refractivity contribution in [2.24, 2.45) is 11.7 Å². The molecule has 0 bridgehead atoms. The summed E-state index contributed by atoms with van der Waals surface area (Å²) in [4.78, 5) is 19.9. The molecule has 186 valence electrons. The van der Waals surface area contributed by atoms with E-state index >= 15 is 0 Å². The average molecular weight is 488 g/mol. The van der Waals surface area contributed by atoms with Crippen molar-refractivity contribution in [2.75, 3.05) is 31.6 Å². The van der Waals surface area contributed by atoms with Gasteiger partial charge in [-0.15, -0.1) is 5.92 Å². The zero-order chi connectivity index (χ0) is 25.1. The van der Waals surface area contributed by atoms with Gasteiger partial charge in [-0.3, -0.25) is 9.69 Å². The number of primary amides is 1. The molecule has 3 N–H and O–H groups in total. The third-order valence-electron chi connectivity index (χ3n) is 7.05. The Morgan fingerprint density at radius 3 is 2.42 bits per heavy atom. The summed E-state index contributed by atoms with van der Waals surface area (Å²) in [5.41, 5.74) is 10.9. The van der Waals surface area contributed by atoms with Crippen molar-refractivity contribution < 1.29 is 13.9 Å². The Morgan fingerprint density at radius 2 is 1.78 bits per heavy atom. The number of imidazole rings is 1. The molecule has 7 nitrogen and oxygen atoms in total. The highest BCUT2D eigenvalue weighted by Gasteiger charge is 2.35. The average Bonchev–Trinajstić information content (AvgIpc) is 3.30. The maximum Gasteiger partial charge on any atom is 0.269 e. The third-order valence-corrected chi connectivity index (χ3v) is 7.05. The van der Waals surface area contributed by atoms with Crippen molar-refractivity contribution in [3.63, 3.8) is 0 Å². The van der Waals surface area contributed by atoms with Crippen molar-refractivity contribution in [1.82, 2.24) is 14.6 Å². The SMILES string of the molecule is CC#CCN1CCC(C2CCNn3c2nc(-c2ccc(Oc4ccc(F)cc4)cc2)c3C(N)=O)CC1. The predicted octanol–water partition coefficient (Wildman–Crippen LogP) is 4.35. The summed E-state index contributed by atoms with van der Waals surface area (Å²) in [5.74, 6) is 8.09. The number of rotatable bonds is 6. The molecule has 3 aromatic rings. The van der Waals surface area contributed by atoms with Crippen LogP contribution in [0.4, 0.5) is 4.39 Å². The van der Waals surface area contributed by atoms with Crippen molar-refractivity contribution in [1.29, 1.82) is 0 Å². The molecule has 2 aliphatic rings. The second-order valence-electron chi connectivity index (χ2n) is 9.29. The normalized spacial score (nSPS) is 18.0. The minimum Gasteiger partial charge on any atom is -0.457 e. The highest BCUT2D eigenvalue weighted by molar-refractivity contribution is 5.97. The van der Waals surface area contributed by atoms with Crippen LogP contribution in [0.5, 0.6) is 11.5 Å². The number of fused-ring (bicyclic) bond motifs is 1. The number of benzene rings is 2. The number of halogens is 1. The molecule has 0 saturated carbocycles. The van der Waals surface area contributed by atoms with Crippen LogP contribution >= 0.6 is 0 Å². The van der Waals surface area contributed by atoms with E-state index in [1.807, 2.05) is 35.9 Å². The van der Waals surface area contributed by atoms with Gasteiger partial charge in [0.25, 0.3) is 5.91 Å². The second kappa shape index (κ2) is 10.4. The molecule has 1 aromatic heterocycles. The number of hydrogen-bond donors (Lipinski definition) is 2. The maximum absolute atomic E-state index is 13.2. The summed E-state index contributed by atoms with van der Waals surface area (Å²) >= 11 is 0. The first-order valence-electron chi connectivity index (χ1n) is 12.4. The van der Waals surface area contributed by atoms with Crippen molar-refractivity contribution >= 4 is 5.91 Å². The molecule has 36 heavy (non-hydrogen) atoms. The van der Waals surface area contributed by atoms with Gasteiger partial charge in [-0.25, -0.2) is 14.1 Å². The number of nitrogens with two attached hydrogens (primary N) is 1. The van der Waals surface area contributed by atoms with Gasteiger partial charge in [-0.1, -0.05) is 5.92 Å². The summed E-state index contributed by atoms with van der Waals surface area (Å²) in [6.07, 6.45) is 3.14. The minimum atomic E-state index is -0.517.